The fraction of sp³-hybridized carbons (Fsp3) is 0.920. The number of esters is 1. The molecule has 0 N–H and O–H groups in total. The van der Waals surface area contributed by atoms with Gasteiger partial charge in [0.25, 0.3) is 0 Å². The summed E-state index contributed by atoms with van der Waals surface area (Å²) in [5.74, 6) is 2.53. The van der Waals surface area contributed by atoms with Crippen molar-refractivity contribution in [1.29, 1.82) is 0 Å². The van der Waals surface area contributed by atoms with E-state index in [1.807, 2.05) is 0 Å². The largest absolute Gasteiger partial charge is 0.462 e. The van der Waals surface area contributed by atoms with Crippen LogP contribution in [-0.4, -0.2) is 36.9 Å². The molecule has 9 rings (SSSR count). The zero-order chi connectivity index (χ0) is 20.3. The molecule has 8 saturated carbocycles. The summed E-state index contributed by atoms with van der Waals surface area (Å²) in [4.78, 5) is 25.6. The summed E-state index contributed by atoms with van der Waals surface area (Å²) < 4.78 is 18.9. The summed E-state index contributed by atoms with van der Waals surface area (Å²) in [5, 5.41) is 0. The molecule has 164 valence electrons. The van der Waals surface area contributed by atoms with Crippen LogP contribution in [-0.2, 0) is 23.8 Å². The van der Waals surface area contributed by atoms with Crippen LogP contribution in [0.25, 0.3) is 0 Å². The van der Waals surface area contributed by atoms with Gasteiger partial charge in [-0.15, -0.1) is 0 Å². The van der Waals surface area contributed by atoms with E-state index in [9.17, 15) is 9.59 Å². The molecule has 0 aromatic carbocycles. The second-order valence-electron chi connectivity index (χ2n) is 12.6. The third-order valence-electron chi connectivity index (χ3n) is 10.3. The molecule has 8 bridgehead atoms. The molecule has 1 spiro atoms. The van der Waals surface area contributed by atoms with E-state index in [0.29, 0.717) is 55.0 Å². The first-order chi connectivity index (χ1) is 14.4. The fourth-order valence-electron chi connectivity index (χ4n) is 9.70. The molecular weight excluding hydrogens is 380 g/mol. The standard InChI is InChI=1S/C25H34O5/c1-23-6-15-4-18(10-23)25(19(5-15)11-23)29-13-20(30-25)12-28-22(27)24-7-14-2-16(8-24)21(26)17(3-14)9-24/h14-20H,2-13H2,1H3. The molecule has 8 aliphatic carbocycles. The molecule has 0 amide bonds. The van der Waals surface area contributed by atoms with Gasteiger partial charge in [0.2, 0.25) is 0 Å². The monoisotopic (exact) mass is 414 g/mol. The topological polar surface area (TPSA) is 61.8 Å². The van der Waals surface area contributed by atoms with Crippen LogP contribution in [0.15, 0.2) is 0 Å². The molecule has 1 saturated heterocycles. The van der Waals surface area contributed by atoms with Gasteiger partial charge in [-0.1, -0.05) is 6.92 Å². The van der Waals surface area contributed by atoms with E-state index in [4.69, 9.17) is 14.2 Å². The van der Waals surface area contributed by atoms with Crippen LogP contribution < -0.4 is 0 Å². The molecule has 5 atom stereocenters. The zero-order valence-corrected chi connectivity index (χ0v) is 18.1. The molecule has 9 fully saturated rings. The maximum absolute atomic E-state index is 13.2. The summed E-state index contributed by atoms with van der Waals surface area (Å²) in [6.45, 7) is 3.30. The van der Waals surface area contributed by atoms with Gasteiger partial charge < -0.3 is 14.2 Å². The summed E-state index contributed by atoms with van der Waals surface area (Å²) >= 11 is 0. The van der Waals surface area contributed by atoms with Gasteiger partial charge >= 0.3 is 5.97 Å². The number of hydrogen-bond acceptors (Lipinski definition) is 5. The van der Waals surface area contributed by atoms with Crippen molar-refractivity contribution in [1.82, 2.24) is 0 Å². The first-order valence-electron chi connectivity index (χ1n) is 12.4. The Hall–Kier alpha value is -0.940. The van der Waals surface area contributed by atoms with Crippen molar-refractivity contribution in [2.24, 2.45) is 46.3 Å². The van der Waals surface area contributed by atoms with Gasteiger partial charge in [-0.3, -0.25) is 9.59 Å². The molecule has 0 radical (unpaired) electrons. The van der Waals surface area contributed by atoms with Gasteiger partial charge in [-0.2, -0.15) is 0 Å². The van der Waals surface area contributed by atoms with Crippen LogP contribution in [0, 0.1) is 46.3 Å². The Morgan fingerprint density at radius 2 is 1.63 bits per heavy atom. The number of carbonyl (C=O) groups is 2. The molecule has 0 aromatic rings. The van der Waals surface area contributed by atoms with Crippen molar-refractivity contribution in [2.75, 3.05) is 13.2 Å². The van der Waals surface area contributed by atoms with Gasteiger partial charge in [0.15, 0.2) is 5.79 Å². The summed E-state index contributed by atoms with van der Waals surface area (Å²) in [6, 6.07) is 0. The van der Waals surface area contributed by atoms with E-state index in [2.05, 4.69) is 6.92 Å². The van der Waals surface area contributed by atoms with Crippen molar-refractivity contribution in [2.45, 2.75) is 83.0 Å². The van der Waals surface area contributed by atoms with Crippen LogP contribution in [0.2, 0.25) is 0 Å². The second kappa shape index (κ2) is 5.89. The van der Waals surface area contributed by atoms with Crippen LogP contribution in [0.4, 0.5) is 0 Å². The van der Waals surface area contributed by atoms with E-state index in [1.165, 1.54) is 32.1 Å². The Kier molecular flexibility index (Phi) is 3.65. The van der Waals surface area contributed by atoms with E-state index in [0.717, 1.165) is 25.2 Å². The van der Waals surface area contributed by atoms with Crippen LogP contribution >= 0.6 is 0 Å². The SMILES string of the molecule is CC12CC3CC(C1)C1(OCC(COC(=O)C45CC6CC(C4)C(=O)C(C6)C5)O1)C(C3)C2. The highest BCUT2D eigenvalue weighted by atomic mass is 16.8. The van der Waals surface area contributed by atoms with Crippen molar-refractivity contribution in [3.63, 3.8) is 0 Å². The summed E-state index contributed by atoms with van der Waals surface area (Å²) in [6.07, 6.45) is 10.5. The third-order valence-corrected chi connectivity index (χ3v) is 10.3. The maximum atomic E-state index is 13.2. The predicted molar refractivity (Wildman–Crippen MR) is 107 cm³/mol. The van der Waals surface area contributed by atoms with Crippen molar-refractivity contribution in [3.8, 4) is 0 Å². The van der Waals surface area contributed by atoms with Gasteiger partial charge in [-0.25, -0.2) is 0 Å². The van der Waals surface area contributed by atoms with Gasteiger partial charge in [0, 0.05) is 23.7 Å². The maximum Gasteiger partial charge on any atom is 0.312 e. The van der Waals surface area contributed by atoms with Crippen LogP contribution in [0.1, 0.15) is 71.1 Å². The van der Waals surface area contributed by atoms with Gasteiger partial charge in [-0.05, 0) is 81.5 Å². The number of ketones is 1. The van der Waals surface area contributed by atoms with E-state index in [-0.39, 0.29) is 23.9 Å². The molecule has 5 heteroatoms. The Morgan fingerprint density at radius 1 is 0.967 bits per heavy atom. The Bertz CT molecular complexity index is 769. The smallest absolute Gasteiger partial charge is 0.312 e. The highest BCUT2D eigenvalue weighted by Crippen LogP contribution is 2.66. The Labute approximate surface area is 178 Å². The predicted octanol–water partition coefficient (Wildman–Crippen LogP) is 3.88. The van der Waals surface area contributed by atoms with E-state index >= 15 is 0 Å². The molecule has 1 aliphatic heterocycles. The Morgan fingerprint density at radius 3 is 2.30 bits per heavy atom. The minimum atomic E-state index is -0.416. The van der Waals surface area contributed by atoms with Crippen molar-refractivity contribution in [3.05, 3.63) is 0 Å². The molecule has 5 nitrogen and oxygen atoms in total. The molecule has 9 aliphatic rings. The van der Waals surface area contributed by atoms with Gasteiger partial charge in [0.1, 0.15) is 18.5 Å². The summed E-state index contributed by atoms with van der Waals surface area (Å²) in [5.41, 5.74) is 0.0771. The van der Waals surface area contributed by atoms with Crippen molar-refractivity contribution >= 4 is 11.8 Å². The lowest BCUT2D eigenvalue weighted by Crippen LogP contribution is -2.61. The van der Waals surface area contributed by atoms with Gasteiger partial charge in [0.05, 0.1) is 12.0 Å². The average molecular weight is 415 g/mol. The highest BCUT2D eigenvalue weighted by molar-refractivity contribution is 5.89. The quantitative estimate of drug-likeness (QED) is 0.656. The first-order valence-corrected chi connectivity index (χ1v) is 12.4. The molecule has 1 heterocycles. The molecule has 0 aromatic heterocycles. The third kappa shape index (κ3) is 2.42. The second-order valence-corrected chi connectivity index (χ2v) is 12.6. The average Bonchev–Trinajstić information content (AvgIpc) is 3.12. The number of ether oxygens (including phenoxy) is 3. The zero-order valence-electron chi connectivity index (χ0n) is 18.1. The van der Waals surface area contributed by atoms with E-state index < -0.39 is 11.2 Å². The lowest BCUT2D eigenvalue weighted by atomic mass is 9.48. The minimum absolute atomic E-state index is 0.0726. The summed E-state index contributed by atoms with van der Waals surface area (Å²) in [7, 11) is 0. The van der Waals surface area contributed by atoms with Crippen molar-refractivity contribution < 1.29 is 23.8 Å². The highest BCUT2D eigenvalue weighted by Gasteiger charge is 2.65. The number of rotatable bonds is 3. The number of hydrogen-bond donors (Lipinski definition) is 0. The normalized spacial score (nSPS) is 57.5. The fourth-order valence-corrected chi connectivity index (χ4v) is 9.70. The molecular formula is C25H34O5. The van der Waals surface area contributed by atoms with Crippen LogP contribution in [0.3, 0.4) is 0 Å². The van der Waals surface area contributed by atoms with E-state index in [1.54, 1.807) is 0 Å². The molecule has 5 unspecified atom stereocenters. The lowest BCUT2D eigenvalue weighted by Gasteiger charge is -2.62. The number of carbonyl (C=O) groups excluding carboxylic acids is 2. The first kappa shape index (κ1) is 18.6. The number of Topliss-reactive ketones (excluding diaryl/α,β-unsaturated/α-hetero) is 1. The Balaban J connectivity index is 1.02. The minimum Gasteiger partial charge on any atom is -0.462 e. The molecule has 30 heavy (non-hydrogen) atoms. The lowest BCUT2D eigenvalue weighted by molar-refractivity contribution is -0.307. The van der Waals surface area contributed by atoms with Crippen LogP contribution in [0.5, 0.6) is 0 Å².